The molecule has 0 fully saturated rings. The number of hydrogen-bond donors (Lipinski definition) is 2. The molecular formula is C19H28N4S. The van der Waals surface area contributed by atoms with E-state index in [2.05, 4.69) is 66.7 Å². The van der Waals surface area contributed by atoms with Gasteiger partial charge in [-0.3, -0.25) is 0 Å². The zero-order valence-corrected chi connectivity index (χ0v) is 15.9. The normalized spacial score (nSPS) is 12.9. The molecule has 2 N–H and O–H groups in total. The van der Waals surface area contributed by atoms with Crippen molar-refractivity contribution in [2.45, 2.75) is 46.6 Å². The molecule has 1 heterocycles. The minimum atomic E-state index is 0.488. The van der Waals surface area contributed by atoms with Crippen molar-refractivity contribution in [2.24, 2.45) is 4.99 Å². The van der Waals surface area contributed by atoms with Crippen LogP contribution in [0.25, 0.3) is 0 Å². The number of benzene rings is 1. The highest BCUT2D eigenvalue weighted by Crippen LogP contribution is 2.19. The molecule has 0 amide bonds. The van der Waals surface area contributed by atoms with Gasteiger partial charge in [0.1, 0.15) is 0 Å². The van der Waals surface area contributed by atoms with Gasteiger partial charge in [0.05, 0.1) is 17.2 Å². The van der Waals surface area contributed by atoms with E-state index in [0.717, 1.165) is 36.2 Å². The molecule has 0 aliphatic carbocycles. The molecule has 0 radical (unpaired) electrons. The van der Waals surface area contributed by atoms with Crippen molar-refractivity contribution in [2.75, 3.05) is 13.1 Å². The molecule has 130 valence electrons. The lowest BCUT2D eigenvalue weighted by atomic mass is 9.97. The number of thiazole rings is 1. The van der Waals surface area contributed by atoms with Crippen molar-refractivity contribution in [3.05, 3.63) is 51.5 Å². The first-order chi connectivity index (χ1) is 11.6. The fourth-order valence-electron chi connectivity index (χ4n) is 2.66. The van der Waals surface area contributed by atoms with E-state index in [-0.39, 0.29) is 0 Å². The third-order valence-corrected chi connectivity index (χ3v) is 5.06. The number of aryl methyl sites for hydroxylation is 2. The maximum Gasteiger partial charge on any atom is 0.191 e. The summed E-state index contributed by atoms with van der Waals surface area (Å²) in [5.74, 6) is 1.36. The van der Waals surface area contributed by atoms with E-state index in [4.69, 9.17) is 4.99 Å². The summed E-state index contributed by atoms with van der Waals surface area (Å²) in [6, 6.07) is 10.7. The van der Waals surface area contributed by atoms with Gasteiger partial charge in [0.15, 0.2) is 5.96 Å². The minimum absolute atomic E-state index is 0.488. The summed E-state index contributed by atoms with van der Waals surface area (Å²) in [6.07, 6.45) is 1.10. The number of nitrogens with zero attached hydrogens (tertiary/aromatic N) is 2. The zero-order chi connectivity index (χ0) is 17.4. The Morgan fingerprint density at radius 2 is 1.92 bits per heavy atom. The summed E-state index contributed by atoms with van der Waals surface area (Å²) in [5.41, 5.74) is 2.46. The van der Waals surface area contributed by atoms with E-state index in [1.165, 1.54) is 10.4 Å². The van der Waals surface area contributed by atoms with Gasteiger partial charge in [-0.1, -0.05) is 37.3 Å². The van der Waals surface area contributed by atoms with Gasteiger partial charge >= 0.3 is 0 Å². The van der Waals surface area contributed by atoms with Crippen LogP contribution < -0.4 is 10.6 Å². The lowest BCUT2D eigenvalue weighted by molar-refractivity contribution is 0.630. The topological polar surface area (TPSA) is 49.3 Å². The molecule has 1 atom stereocenters. The van der Waals surface area contributed by atoms with Crippen LogP contribution in [0.2, 0.25) is 0 Å². The second-order valence-electron chi connectivity index (χ2n) is 5.83. The second kappa shape index (κ2) is 9.42. The molecular weight excluding hydrogens is 316 g/mol. The first-order valence-corrected chi connectivity index (χ1v) is 9.45. The van der Waals surface area contributed by atoms with Gasteiger partial charge in [0.25, 0.3) is 0 Å². The fraction of sp³-hybridized carbons (Fsp3) is 0.474. The van der Waals surface area contributed by atoms with Crippen molar-refractivity contribution in [3.8, 4) is 0 Å². The predicted molar refractivity (Wildman–Crippen MR) is 104 cm³/mol. The van der Waals surface area contributed by atoms with Crippen LogP contribution in [0.3, 0.4) is 0 Å². The van der Waals surface area contributed by atoms with E-state index in [9.17, 15) is 0 Å². The molecule has 0 aliphatic rings. The summed E-state index contributed by atoms with van der Waals surface area (Å²) >= 11 is 1.73. The Morgan fingerprint density at radius 1 is 1.17 bits per heavy atom. The number of nitrogens with one attached hydrogen (secondary N) is 2. The molecule has 4 nitrogen and oxygen atoms in total. The maximum atomic E-state index is 4.72. The zero-order valence-electron chi connectivity index (χ0n) is 15.1. The lowest BCUT2D eigenvalue weighted by Crippen LogP contribution is -2.39. The lowest BCUT2D eigenvalue weighted by Gasteiger charge is -2.18. The Hall–Kier alpha value is -1.88. The molecule has 0 saturated carbocycles. The SMILES string of the molecule is CCNC(=NCc1sc(C)nc1C)NCC(CC)c1ccccc1. The third-order valence-electron chi connectivity index (χ3n) is 4.00. The molecule has 24 heavy (non-hydrogen) atoms. The maximum absolute atomic E-state index is 4.72. The van der Waals surface area contributed by atoms with Crippen LogP contribution in [-0.2, 0) is 6.54 Å². The molecule has 1 unspecified atom stereocenters. The molecule has 0 spiro atoms. The van der Waals surface area contributed by atoms with Crippen LogP contribution >= 0.6 is 11.3 Å². The highest BCUT2D eigenvalue weighted by atomic mass is 32.1. The first-order valence-electron chi connectivity index (χ1n) is 8.64. The highest BCUT2D eigenvalue weighted by molar-refractivity contribution is 7.11. The van der Waals surface area contributed by atoms with Crippen LogP contribution in [0.4, 0.5) is 0 Å². The summed E-state index contributed by atoms with van der Waals surface area (Å²) < 4.78 is 0. The minimum Gasteiger partial charge on any atom is -0.357 e. The van der Waals surface area contributed by atoms with E-state index in [1.807, 2.05) is 6.92 Å². The summed E-state index contributed by atoms with van der Waals surface area (Å²) in [4.78, 5) is 10.4. The van der Waals surface area contributed by atoms with Gasteiger partial charge in [-0.15, -0.1) is 11.3 Å². The van der Waals surface area contributed by atoms with E-state index in [0.29, 0.717) is 12.5 Å². The number of rotatable bonds is 7. The van der Waals surface area contributed by atoms with Crippen molar-refractivity contribution < 1.29 is 0 Å². The number of guanidine groups is 1. The van der Waals surface area contributed by atoms with Gasteiger partial charge in [0, 0.05) is 23.9 Å². The van der Waals surface area contributed by atoms with Gasteiger partial charge in [-0.2, -0.15) is 0 Å². The Morgan fingerprint density at radius 3 is 2.50 bits per heavy atom. The number of aromatic nitrogens is 1. The van der Waals surface area contributed by atoms with Crippen molar-refractivity contribution in [3.63, 3.8) is 0 Å². The summed E-state index contributed by atoms with van der Waals surface area (Å²) in [5, 5.41) is 7.93. The number of aliphatic imine (C=N–C) groups is 1. The first kappa shape index (κ1) is 18.5. The molecule has 1 aromatic carbocycles. The fourth-order valence-corrected chi connectivity index (χ4v) is 3.52. The van der Waals surface area contributed by atoms with Crippen LogP contribution in [0, 0.1) is 13.8 Å². The molecule has 2 aromatic rings. The van der Waals surface area contributed by atoms with E-state index < -0.39 is 0 Å². The van der Waals surface area contributed by atoms with Gasteiger partial charge in [0.2, 0.25) is 0 Å². The Bertz CT molecular complexity index is 649. The molecule has 0 saturated heterocycles. The average molecular weight is 345 g/mol. The molecule has 0 bridgehead atoms. The van der Waals surface area contributed by atoms with Crippen LogP contribution in [0.5, 0.6) is 0 Å². The average Bonchev–Trinajstić information content (AvgIpc) is 2.91. The van der Waals surface area contributed by atoms with Crippen LogP contribution in [-0.4, -0.2) is 24.0 Å². The predicted octanol–water partition coefficient (Wildman–Crippen LogP) is 4.01. The van der Waals surface area contributed by atoms with Crippen molar-refractivity contribution >= 4 is 17.3 Å². The van der Waals surface area contributed by atoms with Crippen molar-refractivity contribution in [1.82, 2.24) is 15.6 Å². The molecule has 0 aliphatic heterocycles. The highest BCUT2D eigenvalue weighted by Gasteiger charge is 2.10. The standard InChI is InChI=1S/C19H28N4S/c1-5-16(17-10-8-7-9-11-17)12-21-19(20-6-2)22-13-18-14(3)23-15(4)24-18/h7-11,16H,5-6,12-13H2,1-4H3,(H2,20,21,22). The van der Waals surface area contributed by atoms with E-state index >= 15 is 0 Å². The third kappa shape index (κ3) is 5.34. The van der Waals surface area contributed by atoms with Crippen LogP contribution in [0.1, 0.15) is 47.3 Å². The summed E-state index contributed by atoms with van der Waals surface area (Å²) in [6.45, 7) is 10.8. The molecule has 2 rings (SSSR count). The van der Waals surface area contributed by atoms with Gasteiger partial charge in [-0.05, 0) is 32.8 Å². The smallest absolute Gasteiger partial charge is 0.191 e. The largest absolute Gasteiger partial charge is 0.357 e. The number of hydrogen-bond acceptors (Lipinski definition) is 3. The quantitative estimate of drug-likeness (QED) is 0.589. The van der Waals surface area contributed by atoms with Crippen molar-refractivity contribution in [1.29, 1.82) is 0 Å². The Labute approximate surface area is 149 Å². The second-order valence-corrected chi connectivity index (χ2v) is 7.12. The van der Waals surface area contributed by atoms with Crippen LogP contribution in [0.15, 0.2) is 35.3 Å². The van der Waals surface area contributed by atoms with Gasteiger partial charge in [-0.25, -0.2) is 9.98 Å². The molecule has 1 aromatic heterocycles. The summed E-state index contributed by atoms with van der Waals surface area (Å²) in [7, 11) is 0. The Balaban J connectivity index is 1.99. The van der Waals surface area contributed by atoms with E-state index in [1.54, 1.807) is 11.3 Å². The monoisotopic (exact) mass is 344 g/mol. The van der Waals surface area contributed by atoms with Gasteiger partial charge < -0.3 is 10.6 Å². The molecule has 5 heteroatoms. The Kier molecular flexibility index (Phi) is 7.25.